The molecule has 0 atom stereocenters. The Hall–Kier alpha value is -3.13. The van der Waals surface area contributed by atoms with Crippen LogP contribution in [0.3, 0.4) is 0 Å². The van der Waals surface area contributed by atoms with Crippen molar-refractivity contribution in [3.05, 3.63) is 70.0 Å². The molecule has 1 aliphatic rings. The lowest BCUT2D eigenvalue weighted by Crippen LogP contribution is -2.28. The molecule has 4 rings (SSSR count). The molecule has 1 heterocycles. The molecule has 33 heavy (non-hydrogen) atoms. The van der Waals surface area contributed by atoms with Gasteiger partial charge in [0.25, 0.3) is 11.5 Å². The van der Waals surface area contributed by atoms with E-state index in [0.717, 1.165) is 31.2 Å². The fourth-order valence-electron chi connectivity index (χ4n) is 3.42. The first-order valence-electron chi connectivity index (χ1n) is 11.3. The van der Waals surface area contributed by atoms with E-state index in [1.807, 2.05) is 24.3 Å². The summed E-state index contributed by atoms with van der Waals surface area (Å²) in [6.07, 6.45) is 4.03. The molecule has 0 unspecified atom stereocenters. The maximum atomic E-state index is 13.3. The summed E-state index contributed by atoms with van der Waals surface area (Å²) < 4.78 is 1.60. The van der Waals surface area contributed by atoms with E-state index in [0.29, 0.717) is 40.8 Å². The van der Waals surface area contributed by atoms with Crippen LogP contribution in [0, 0.1) is 0 Å². The second-order valence-electron chi connectivity index (χ2n) is 8.24. The Morgan fingerprint density at radius 3 is 2.61 bits per heavy atom. The van der Waals surface area contributed by atoms with Crippen molar-refractivity contribution in [3.8, 4) is 0 Å². The summed E-state index contributed by atoms with van der Waals surface area (Å²) in [5.41, 5.74) is 1.95. The normalized spacial score (nSPS) is 13.1. The van der Waals surface area contributed by atoms with Gasteiger partial charge >= 0.3 is 0 Å². The second-order valence-corrected chi connectivity index (χ2v) is 9.18. The predicted octanol–water partition coefficient (Wildman–Crippen LogP) is 3.35. The van der Waals surface area contributed by atoms with Crippen molar-refractivity contribution < 1.29 is 9.59 Å². The first-order chi connectivity index (χ1) is 16.0. The van der Waals surface area contributed by atoms with Gasteiger partial charge in [0.1, 0.15) is 0 Å². The number of aromatic nitrogens is 2. The number of amides is 2. The number of fused-ring (bicyclic) bond motifs is 1. The van der Waals surface area contributed by atoms with Crippen molar-refractivity contribution in [1.29, 1.82) is 0 Å². The lowest BCUT2D eigenvalue weighted by Gasteiger charge is -2.14. The molecule has 1 fully saturated rings. The lowest BCUT2D eigenvalue weighted by atomic mass is 10.1. The van der Waals surface area contributed by atoms with Crippen LogP contribution in [-0.4, -0.2) is 39.7 Å². The zero-order valence-corrected chi connectivity index (χ0v) is 19.5. The van der Waals surface area contributed by atoms with Gasteiger partial charge in [0.15, 0.2) is 5.16 Å². The molecule has 8 heteroatoms. The Balaban J connectivity index is 1.55. The van der Waals surface area contributed by atoms with Crippen molar-refractivity contribution in [2.24, 2.45) is 0 Å². The number of carbonyl (C=O) groups excluding carboxylic acids is 2. The van der Waals surface area contributed by atoms with Gasteiger partial charge in [-0.25, -0.2) is 4.98 Å². The smallest absolute Gasteiger partial charge is 0.262 e. The molecular formula is C25H28N4O3S. The first-order valence-corrected chi connectivity index (χ1v) is 12.3. The Kier molecular flexibility index (Phi) is 7.44. The highest BCUT2D eigenvalue weighted by Crippen LogP contribution is 2.21. The van der Waals surface area contributed by atoms with E-state index in [2.05, 4.69) is 22.5 Å². The molecule has 1 saturated carbocycles. The van der Waals surface area contributed by atoms with Crippen LogP contribution in [0.25, 0.3) is 10.9 Å². The summed E-state index contributed by atoms with van der Waals surface area (Å²) in [7, 11) is 0. The molecule has 2 aromatic carbocycles. The van der Waals surface area contributed by atoms with Gasteiger partial charge in [0.2, 0.25) is 5.91 Å². The molecule has 0 saturated heterocycles. The van der Waals surface area contributed by atoms with E-state index < -0.39 is 0 Å². The highest BCUT2D eigenvalue weighted by Gasteiger charge is 2.23. The zero-order chi connectivity index (χ0) is 23.2. The number of unbranched alkanes of at least 4 members (excludes halogenated alkanes) is 1. The third kappa shape index (κ3) is 6.01. The maximum Gasteiger partial charge on any atom is 0.262 e. The minimum atomic E-state index is -0.148. The van der Waals surface area contributed by atoms with Gasteiger partial charge in [-0.15, -0.1) is 0 Å². The molecule has 7 nitrogen and oxygen atoms in total. The molecule has 0 aliphatic heterocycles. The van der Waals surface area contributed by atoms with E-state index in [1.165, 1.54) is 11.8 Å². The minimum absolute atomic E-state index is 0.0704. The SMILES string of the molecule is CCCCNC(=O)CSc1nc2ccccc2c(=O)n1Cc1ccc(C(=O)NC2CC2)cc1. The standard InChI is InChI=1S/C25H28N4O3S/c1-2-3-14-26-22(30)16-33-25-28-21-7-5-4-6-20(21)24(32)29(25)15-17-8-10-18(11-9-17)23(31)27-19-12-13-19/h4-11,19H,2-3,12-16H2,1H3,(H,26,30)(H,27,31). The molecule has 1 aromatic heterocycles. The minimum Gasteiger partial charge on any atom is -0.355 e. The van der Waals surface area contributed by atoms with Crippen LogP contribution in [0.15, 0.2) is 58.5 Å². The largest absolute Gasteiger partial charge is 0.355 e. The predicted molar refractivity (Wildman–Crippen MR) is 131 cm³/mol. The number of nitrogens with zero attached hydrogens (tertiary/aromatic N) is 2. The summed E-state index contributed by atoms with van der Waals surface area (Å²) in [6.45, 7) is 3.03. The number of rotatable bonds is 10. The monoisotopic (exact) mass is 464 g/mol. The van der Waals surface area contributed by atoms with Crippen LogP contribution >= 0.6 is 11.8 Å². The number of hydrogen-bond donors (Lipinski definition) is 2. The van der Waals surface area contributed by atoms with Crippen LogP contribution in [0.1, 0.15) is 48.5 Å². The third-order valence-corrected chi connectivity index (χ3v) is 6.46. The molecule has 3 aromatic rings. The highest BCUT2D eigenvalue weighted by atomic mass is 32.2. The van der Waals surface area contributed by atoms with Crippen LogP contribution in [0.4, 0.5) is 0 Å². The summed E-state index contributed by atoms with van der Waals surface area (Å²) >= 11 is 1.26. The molecular weight excluding hydrogens is 436 g/mol. The lowest BCUT2D eigenvalue weighted by molar-refractivity contribution is -0.118. The summed E-state index contributed by atoms with van der Waals surface area (Å²) in [6, 6.07) is 14.8. The summed E-state index contributed by atoms with van der Waals surface area (Å²) in [5, 5.41) is 6.91. The van der Waals surface area contributed by atoms with Crippen LogP contribution in [-0.2, 0) is 11.3 Å². The van der Waals surface area contributed by atoms with Gasteiger partial charge < -0.3 is 10.6 Å². The van der Waals surface area contributed by atoms with E-state index in [4.69, 9.17) is 0 Å². The van der Waals surface area contributed by atoms with Crippen LogP contribution in [0.5, 0.6) is 0 Å². The summed E-state index contributed by atoms with van der Waals surface area (Å²) in [4.78, 5) is 42.4. The maximum absolute atomic E-state index is 13.3. The number of nitrogens with one attached hydrogen (secondary N) is 2. The molecule has 0 spiro atoms. The van der Waals surface area contributed by atoms with Gasteiger partial charge in [-0.3, -0.25) is 19.0 Å². The van der Waals surface area contributed by atoms with Crippen molar-refractivity contribution in [2.75, 3.05) is 12.3 Å². The van der Waals surface area contributed by atoms with Gasteiger partial charge in [-0.05, 0) is 49.1 Å². The molecule has 2 N–H and O–H groups in total. The first kappa shape index (κ1) is 23.0. The van der Waals surface area contributed by atoms with E-state index in [9.17, 15) is 14.4 Å². The Bertz CT molecular complexity index is 1200. The van der Waals surface area contributed by atoms with Gasteiger partial charge in [-0.2, -0.15) is 0 Å². The number of hydrogen-bond acceptors (Lipinski definition) is 5. The van der Waals surface area contributed by atoms with E-state index >= 15 is 0 Å². The third-order valence-electron chi connectivity index (χ3n) is 5.48. The van der Waals surface area contributed by atoms with Crippen molar-refractivity contribution in [2.45, 2.75) is 50.4 Å². The molecule has 172 valence electrons. The number of carbonyl (C=O) groups is 2. The zero-order valence-electron chi connectivity index (χ0n) is 18.7. The number of thioether (sulfide) groups is 1. The Morgan fingerprint density at radius 2 is 1.88 bits per heavy atom. The van der Waals surface area contributed by atoms with E-state index in [1.54, 1.807) is 28.8 Å². The number of benzene rings is 2. The average molecular weight is 465 g/mol. The van der Waals surface area contributed by atoms with Gasteiger partial charge in [0.05, 0.1) is 23.2 Å². The van der Waals surface area contributed by atoms with Crippen LogP contribution < -0.4 is 16.2 Å². The quantitative estimate of drug-likeness (QED) is 0.273. The fourth-order valence-corrected chi connectivity index (χ4v) is 4.25. The fraction of sp³-hybridized carbons (Fsp3) is 0.360. The van der Waals surface area contributed by atoms with Crippen LogP contribution in [0.2, 0.25) is 0 Å². The topological polar surface area (TPSA) is 93.1 Å². The van der Waals surface area contributed by atoms with Gasteiger partial charge in [0, 0.05) is 18.2 Å². The molecule has 2 amide bonds. The van der Waals surface area contributed by atoms with E-state index in [-0.39, 0.29) is 23.1 Å². The Morgan fingerprint density at radius 1 is 1.12 bits per heavy atom. The summed E-state index contributed by atoms with van der Waals surface area (Å²) in [5.74, 6) is 0.0433. The Labute approximate surface area is 197 Å². The highest BCUT2D eigenvalue weighted by molar-refractivity contribution is 7.99. The van der Waals surface area contributed by atoms with Crippen molar-refractivity contribution in [1.82, 2.24) is 20.2 Å². The van der Waals surface area contributed by atoms with Gasteiger partial charge in [-0.1, -0.05) is 49.4 Å². The van der Waals surface area contributed by atoms with Crippen molar-refractivity contribution >= 4 is 34.5 Å². The number of para-hydroxylation sites is 1. The molecule has 0 radical (unpaired) electrons. The molecule has 0 bridgehead atoms. The molecule has 1 aliphatic carbocycles. The van der Waals surface area contributed by atoms with Crippen molar-refractivity contribution in [3.63, 3.8) is 0 Å². The average Bonchev–Trinajstić information content (AvgIpc) is 3.64. The second kappa shape index (κ2) is 10.7.